The largest absolute Gasteiger partial charge is 0.312 e. The van der Waals surface area contributed by atoms with Gasteiger partial charge in [0.1, 0.15) is 5.82 Å². The molecule has 2 heterocycles. The summed E-state index contributed by atoms with van der Waals surface area (Å²) in [5.41, 5.74) is 17.5. The fraction of sp³-hybridized carbons (Fsp3) is 0.0896. The van der Waals surface area contributed by atoms with Crippen LogP contribution < -0.4 is 9.80 Å². The Kier molecular flexibility index (Phi) is 10.1. The Morgan fingerprint density at radius 1 is 0.521 bits per heavy atom. The first-order valence-corrected chi connectivity index (χ1v) is 25.5. The number of hydrogen-bond acceptors (Lipinski definition) is 5. The first-order chi connectivity index (χ1) is 36.2. The van der Waals surface area contributed by atoms with Gasteiger partial charge in [0.2, 0.25) is 5.95 Å². The molecule has 4 aliphatic rings. The zero-order valence-electron chi connectivity index (χ0n) is 40.4. The van der Waals surface area contributed by atoms with E-state index >= 15 is 0 Å². The number of fused-ring (bicyclic) bond motifs is 12. The van der Waals surface area contributed by atoms with Crippen LogP contribution in [-0.4, -0.2) is 19.5 Å². The van der Waals surface area contributed by atoms with Crippen LogP contribution in [0.3, 0.4) is 0 Å². The third-order valence-corrected chi connectivity index (χ3v) is 15.4. The van der Waals surface area contributed by atoms with E-state index in [9.17, 15) is 0 Å². The second-order valence-electron chi connectivity index (χ2n) is 19.4. The van der Waals surface area contributed by atoms with Crippen molar-refractivity contribution in [3.8, 4) is 39.7 Å². The van der Waals surface area contributed by atoms with Crippen molar-refractivity contribution in [1.29, 1.82) is 0 Å². The van der Waals surface area contributed by atoms with Crippen LogP contribution in [0.2, 0.25) is 0 Å². The van der Waals surface area contributed by atoms with Crippen LogP contribution in [0.25, 0.3) is 50.6 Å². The lowest BCUT2D eigenvalue weighted by atomic mass is 9.70. The zero-order chi connectivity index (χ0) is 48.5. The maximum absolute atomic E-state index is 5.69. The Hall–Kier alpha value is -9.13. The minimum absolute atomic E-state index is 0.0553. The Bertz CT molecular complexity index is 3800. The average Bonchev–Trinajstić information content (AvgIpc) is 4.08. The summed E-state index contributed by atoms with van der Waals surface area (Å²) in [5.74, 6) is 2.10. The van der Waals surface area contributed by atoms with Gasteiger partial charge in [0.05, 0.1) is 22.3 Å². The molecule has 6 nitrogen and oxygen atoms in total. The van der Waals surface area contributed by atoms with Crippen LogP contribution in [0.4, 0.5) is 28.4 Å². The molecule has 14 rings (SSSR count). The molecule has 73 heavy (non-hydrogen) atoms. The highest BCUT2D eigenvalue weighted by molar-refractivity contribution is 6.09. The molecule has 0 fully saturated rings. The molecule has 0 bridgehead atoms. The van der Waals surface area contributed by atoms with Gasteiger partial charge in [-0.3, -0.25) is 4.57 Å². The number of nitrogens with zero attached hydrogens (tertiary/aromatic N) is 6. The number of allylic oxidation sites excluding steroid dienone is 8. The van der Waals surface area contributed by atoms with Crippen molar-refractivity contribution in [2.45, 2.75) is 31.1 Å². The van der Waals surface area contributed by atoms with Crippen LogP contribution in [0.15, 0.2) is 254 Å². The van der Waals surface area contributed by atoms with E-state index in [2.05, 4.69) is 264 Å². The number of benzene rings is 8. The van der Waals surface area contributed by atoms with Gasteiger partial charge in [-0.05, 0) is 107 Å². The lowest BCUT2D eigenvalue weighted by Crippen LogP contribution is -2.26. The maximum Gasteiger partial charge on any atom is 0.238 e. The van der Waals surface area contributed by atoms with E-state index in [0.29, 0.717) is 11.8 Å². The second-order valence-corrected chi connectivity index (χ2v) is 19.4. The molecule has 2 unspecified atom stereocenters. The highest BCUT2D eigenvalue weighted by Crippen LogP contribution is 2.66. The van der Waals surface area contributed by atoms with Crippen molar-refractivity contribution in [2.24, 2.45) is 5.92 Å². The molecule has 2 aromatic heterocycles. The SMILES string of the molecule is CC1C=CC=CC1c1nc(-c2ccccc2)nc(-n2c3c(c4cccc(N(C5=CC=CCC5)c5ccccc5)c42)C2(c4ccccc4-c4ccccc42)c2cc(N(c4ccccc4)c4ccccc4)ccc2-3)n1. The first kappa shape index (κ1) is 42.7. The normalized spacial score (nSPS) is 16.5. The standard InChI is InChI=1S/C67H50N6/c1-45-24-17-18-35-52(45)65-68-64(46-25-7-2-8-26-46)69-66(70-65)73-62-56(38-23-41-60(62)72(49-31-13-5-14-32-49)50-33-15-6-16-34-50)61-63(73)55-43-42-51(71(47-27-9-3-10-28-47)48-29-11-4-12-30-48)44-59(55)67(61)57-39-21-19-36-53(57)54-37-20-22-40-58(54)67/h2-15,17-33,35-45,52H,16,34H2,1H3. The van der Waals surface area contributed by atoms with Crippen molar-refractivity contribution < 1.29 is 0 Å². The lowest BCUT2D eigenvalue weighted by Gasteiger charge is -2.33. The van der Waals surface area contributed by atoms with Gasteiger partial charge in [-0.15, -0.1) is 0 Å². The molecule has 8 aromatic carbocycles. The number of para-hydroxylation sites is 4. The summed E-state index contributed by atoms with van der Waals surface area (Å²) < 4.78 is 2.42. The molecule has 6 heteroatoms. The monoisotopic (exact) mass is 938 g/mol. The van der Waals surface area contributed by atoms with E-state index < -0.39 is 5.41 Å². The van der Waals surface area contributed by atoms with Gasteiger partial charge < -0.3 is 9.80 Å². The van der Waals surface area contributed by atoms with Gasteiger partial charge in [0, 0.05) is 56.4 Å². The van der Waals surface area contributed by atoms with E-state index in [1.165, 1.54) is 39.1 Å². The molecule has 0 aliphatic heterocycles. The molecular weight excluding hydrogens is 889 g/mol. The number of hydrogen-bond donors (Lipinski definition) is 0. The van der Waals surface area contributed by atoms with Crippen LogP contribution in [-0.2, 0) is 5.41 Å². The third kappa shape index (κ3) is 6.67. The molecule has 2 atom stereocenters. The Labute approximate surface area is 425 Å². The summed E-state index contributed by atoms with van der Waals surface area (Å²) in [6.07, 6.45) is 17.3. The second kappa shape index (κ2) is 17.3. The van der Waals surface area contributed by atoms with Crippen LogP contribution in [0, 0.1) is 5.92 Å². The molecule has 348 valence electrons. The Morgan fingerprint density at radius 3 is 1.78 bits per heavy atom. The summed E-state index contributed by atoms with van der Waals surface area (Å²) in [4.78, 5) is 21.5. The van der Waals surface area contributed by atoms with Crippen molar-refractivity contribution in [1.82, 2.24) is 19.5 Å². The fourth-order valence-corrected chi connectivity index (χ4v) is 12.3. The van der Waals surface area contributed by atoms with Crippen LogP contribution in [0.1, 0.15) is 53.8 Å². The van der Waals surface area contributed by atoms with Gasteiger partial charge in [0.15, 0.2) is 5.82 Å². The third-order valence-electron chi connectivity index (χ3n) is 15.4. The van der Waals surface area contributed by atoms with E-state index in [1.807, 2.05) is 6.07 Å². The molecule has 0 saturated carbocycles. The molecule has 4 aliphatic carbocycles. The molecular formula is C67H50N6. The molecule has 0 radical (unpaired) electrons. The van der Waals surface area contributed by atoms with Gasteiger partial charge in [-0.2, -0.15) is 9.97 Å². The van der Waals surface area contributed by atoms with Gasteiger partial charge in [-0.1, -0.05) is 195 Å². The summed E-state index contributed by atoms with van der Waals surface area (Å²) in [6, 6.07) is 74.9. The fourth-order valence-electron chi connectivity index (χ4n) is 12.3. The minimum atomic E-state index is -0.733. The molecule has 1 spiro atoms. The molecule has 10 aromatic rings. The number of rotatable bonds is 9. The summed E-state index contributed by atoms with van der Waals surface area (Å²) >= 11 is 0. The highest BCUT2D eigenvalue weighted by Gasteiger charge is 2.55. The predicted molar refractivity (Wildman–Crippen MR) is 298 cm³/mol. The predicted octanol–water partition coefficient (Wildman–Crippen LogP) is 16.5. The summed E-state index contributed by atoms with van der Waals surface area (Å²) in [6.45, 7) is 2.25. The average molecular weight is 939 g/mol. The number of aromatic nitrogens is 4. The maximum atomic E-state index is 5.69. The van der Waals surface area contributed by atoms with Gasteiger partial charge in [-0.25, -0.2) is 4.98 Å². The first-order valence-electron chi connectivity index (χ1n) is 25.5. The Balaban J connectivity index is 1.16. The van der Waals surface area contributed by atoms with E-state index in [1.54, 1.807) is 0 Å². The number of anilines is 5. The van der Waals surface area contributed by atoms with E-state index in [4.69, 9.17) is 15.0 Å². The van der Waals surface area contributed by atoms with E-state index in [0.717, 1.165) is 74.8 Å². The lowest BCUT2D eigenvalue weighted by molar-refractivity contribution is 0.597. The quantitative estimate of drug-likeness (QED) is 0.144. The van der Waals surface area contributed by atoms with Gasteiger partial charge >= 0.3 is 0 Å². The molecule has 0 amide bonds. The van der Waals surface area contributed by atoms with E-state index in [-0.39, 0.29) is 11.8 Å². The van der Waals surface area contributed by atoms with Crippen molar-refractivity contribution >= 4 is 39.3 Å². The molecule has 0 N–H and O–H groups in total. The summed E-state index contributed by atoms with van der Waals surface area (Å²) in [7, 11) is 0. The van der Waals surface area contributed by atoms with Crippen molar-refractivity contribution in [3.63, 3.8) is 0 Å². The molecule has 0 saturated heterocycles. The van der Waals surface area contributed by atoms with Crippen LogP contribution >= 0.6 is 0 Å². The Morgan fingerprint density at radius 2 is 1.14 bits per heavy atom. The van der Waals surface area contributed by atoms with Crippen LogP contribution in [0.5, 0.6) is 0 Å². The zero-order valence-corrected chi connectivity index (χ0v) is 40.4. The summed E-state index contributed by atoms with van der Waals surface area (Å²) in [5, 5.41) is 1.14. The highest BCUT2D eigenvalue weighted by atomic mass is 15.2. The van der Waals surface area contributed by atoms with Crippen molar-refractivity contribution in [2.75, 3.05) is 9.80 Å². The van der Waals surface area contributed by atoms with Gasteiger partial charge in [0.25, 0.3) is 0 Å². The minimum Gasteiger partial charge on any atom is -0.312 e. The topological polar surface area (TPSA) is 50.1 Å². The van der Waals surface area contributed by atoms with Crippen molar-refractivity contribution in [3.05, 3.63) is 283 Å². The smallest absolute Gasteiger partial charge is 0.238 e.